The molecule has 0 radical (unpaired) electrons. The molecule has 6 heteroatoms. The van der Waals surface area contributed by atoms with E-state index in [1.165, 1.54) is 11.2 Å². The summed E-state index contributed by atoms with van der Waals surface area (Å²) in [7, 11) is 0. The highest BCUT2D eigenvalue weighted by Crippen LogP contribution is 2.13. The minimum absolute atomic E-state index is 0.0627. The van der Waals surface area contributed by atoms with Crippen LogP contribution in [0.4, 0.5) is 0 Å². The third-order valence-electron chi connectivity index (χ3n) is 2.62. The Kier molecular flexibility index (Phi) is 2.89. The van der Waals surface area contributed by atoms with E-state index < -0.39 is 6.04 Å². The van der Waals surface area contributed by atoms with Gasteiger partial charge in [0, 0.05) is 6.07 Å². The number of hydrogen-bond donors (Lipinski definition) is 1. The van der Waals surface area contributed by atoms with Crippen molar-refractivity contribution in [2.45, 2.75) is 25.9 Å². The number of carbonyl (C=O) groups excluding carboxylic acids is 2. The van der Waals surface area contributed by atoms with E-state index in [4.69, 9.17) is 4.52 Å². The molecule has 1 aliphatic heterocycles. The molecule has 0 spiro atoms. The van der Waals surface area contributed by atoms with Gasteiger partial charge in [-0.2, -0.15) is 0 Å². The van der Waals surface area contributed by atoms with E-state index in [9.17, 15) is 9.59 Å². The van der Waals surface area contributed by atoms with Crippen molar-refractivity contribution in [3.8, 4) is 0 Å². The number of nitrogens with one attached hydrogen (secondary N) is 1. The van der Waals surface area contributed by atoms with Gasteiger partial charge in [-0.25, -0.2) is 0 Å². The van der Waals surface area contributed by atoms with Crippen LogP contribution in [-0.2, 0) is 16.1 Å². The third-order valence-corrected chi connectivity index (χ3v) is 2.62. The number of hydrogen-bond acceptors (Lipinski definition) is 4. The van der Waals surface area contributed by atoms with Crippen LogP contribution in [0.15, 0.2) is 16.9 Å². The Morgan fingerprint density at radius 2 is 2.44 bits per heavy atom. The molecular formula is C10H13N3O3. The minimum atomic E-state index is -0.405. The van der Waals surface area contributed by atoms with Crippen LogP contribution in [0.2, 0.25) is 0 Å². The monoisotopic (exact) mass is 223 g/mol. The molecule has 1 aromatic heterocycles. The summed E-state index contributed by atoms with van der Waals surface area (Å²) in [6.45, 7) is 2.26. The number of nitrogens with zero attached hydrogens (tertiary/aromatic N) is 2. The quantitative estimate of drug-likeness (QED) is 0.777. The highest BCUT2D eigenvalue weighted by atomic mass is 16.5. The highest BCUT2D eigenvalue weighted by molar-refractivity contribution is 5.94. The lowest BCUT2D eigenvalue weighted by Gasteiger charge is -2.33. The van der Waals surface area contributed by atoms with E-state index in [0.29, 0.717) is 18.7 Å². The molecule has 1 aliphatic rings. The summed E-state index contributed by atoms with van der Waals surface area (Å²) in [5, 5.41) is 6.31. The molecule has 1 N–H and O–H groups in total. The molecule has 16 heavy (non-hydrogen) atoms. The SMILES string of the molecule is CCC1C(=O)NCC(=O)N1Cc1ccon1. The van der Waals surface area contributed by atoms with E-state index in [1.807, 2.05) is 6.92 Å². The summed E-state index contributed by atoms with van der Waals surface area (Å²) in [6, 6.07) is 1.28. The molecule has 1 saturated heterocycles. The number of aromatic nitrogens is 1. The lowest BCUT2D eigenvalue weighted by Crippen LogP contribution is -2.57. The van der Waals surface area contributed by atoms with Crippen molar-refractivity contribution >= 4 is 11.8 Å². The molecule has 1 aromatic rings. The predicted molar refractivity (Wildman–Crippen MR) is 54.1 cm³/mol. The Morgan fingerprint density at radius 3 is 3.06 bits per heavy atom. The number of rotatable bonds is 3. The van der Waals surface area contributed by atoms with E-state index in [1.54, 1.807) is 6.07 Å². The molecule has 0 bridgehead atoms. The van der Waals surface area contributed by atoms with Crippen LogP contribution in [0.25, 0.3) is 0 Å². The Hall–Kier alpha value is -1.85. The Labute approximate surface area is 92.6 Å². The van der Waals surface area contributed by atoms with Crippen molar-refractivity contribution < 1.29 is 14.1 Å². The van der Waals surface area contributed by atoms with Crippen molar-refractivity contribution in [2.75, 3.05) is 6.54 Å². The Balaban J connectivity index is 2.15. The van der Waals surface area contributed by atoms with E-state index in [2.05, 4.69) is 10.5 Å². The van der Waals surface area contributed by atoms with Crippen LogP contribution in [0.5, 0.6) is 0 Å². The zero-order valence-corrected chi connectivity index (χ0v) is 8.97. The number of carbonyl (C=O) groups is 2. The van der Waals surface area contributed by atoms with Gasteiger partial charge in [-0.3, -0.25) is 9.59 Å². The van der Waals surface area contributed by atoms with Crippen molar-refractivity contribution in [1.29, 1.82) is 0 Å². The first-order valence-electron chi connectivity index (χ1n) is 5.18. The van der Waals surface area contributed by atoms with E-state index >= 15 is 0 Å². The van der Waals surface area contributed by atoms with Crippen molar-refractivity contribution in [3.63, 3.8) is 0 Å². The molecule has 0 aromatic carbocycles. The Morgan fingerprint density at radius 1 is 1.62 bits per heavy atom. The van der Waals surface area contributed by atoms with Crippen molar-refractivity contribution in [1.82, 2.24) is 15.4 Å². The molecule has 86 valence electrons. The van der Waals surface area contributed by atoms with Gasteiger partial charge in [-0.1, -0.05) is 12.1 Å². The van der Waals surface area contributed by atoms with Gasteiger partial charge in [0.25, 0.3) is 0 Å². The summed E-state index contributed by atoms with van der Waals surface area (Å²) < 4.78 is 4.70. The van der Waals surface area contributed by atoms with E-state index in [0.717, 1.165) is 0 Å². The van der Waals surface area contributed by atoms with Crippen LogP contribution >= 0.6 is 0 Å². The summed E-state index contributed by atoms with van der Waals surface area (Å²) >= 11 is 0. The fraction of sp³-hybridized carbons (Fsp3) is 0.500. The van der Waals surface area contributed by atoms with Gasteiger partial charge >= 0.3 is 0 Å². The maximum atomic E-state index is 11.7. The third kappa shape index (κ3) is 1.91. The van der Waals surface area contributed by atoms with Crippen LogP contribution in [-0.4, -0.2) is 34.5 Å². The van der Waals surface area contributed by atoms with Crippen molar-refractivity contribution in [2.24, 2.45) is 0 Å². The largest absolute Gasteiger partial charge is 0.364 e. The van der Waals surface area contributed by atoms with Crippen LogP contribution in [0.1, 0.15) is 19.0 Å². The van der Waals surface area contributed by atoms with Gasteiger partial charge in [0.1, 0.15) is 18.0 Å². The zero-order chi connectivity index (χ0) is 11.5. The van der Waals surface area contributed by atoms with Crippen molar-refractivity contribution in [3.05, 3.63) is 18.0 Å². The first-order valence-corrected chi connectivity index (χ1v) is 5.18. The summed E-state index contributed by atoms with van der Waals surface area (Å²) in [4.78, 5) is 24.8. The van der Waals surface area contributed by atoms with E-state index in [-0.39, 0.29) is 18.4 Å². The first kappa shape index (κ1) is 10.7. The number of amides is 2. The summed E-state index contributed by atoms with van der Waals surface area (Å²) in [6.07, 6.45) is 2.04. The molecule has 0 aliphatic carbocycles. The molecule has 1 fully saturated rings. The molecule has 0 saturated carbocycles. The Bertz CT molecular complexity index is 388. The first-order chi connectivity index (χ1) is 7.72. The second kappa shape index (κ2) is 4.34. The smallest absolute Gasteiger partial charge is 0.243 e. The molecule has 2 rings (SSSR count). The fourth-order valence-corrected chi connectivity index (χ4v) is 1.80. The molecule has 6 nitrogen and oxygen atoms in total. The summed E-state index contributed by atoms with van der Waals surface area (Å²) in [5.74, 6) is -0.194. The van der Waals surface area contributed by atoms with Gasteiger partial charge in [0.15, 0.2) is 0 Å². The second-order valence-corrected chi connectivity index (χ2v) is 3.65. The number of piperazine rings is 1. The van der Waals surface area contributed by atoms with Gasteiger partial charge in [-0.05, 0) is 6.42 Å². The molecule has 1 atom stereocenters. The minimum Gasteiger partial charge on any atom is -0.364 e. The lowest BCUT2D eigenvalue weighted by molar-refractivity contribution is -0.146. The standard InChI is InChI=1S/C10H13N3O3/c1-2-8-10(15)11-5-9(14)13(8)6-7-3-4-16-12-7/h3-4,8H,2,5-6H2,1H3,(H,11,15). The fourth-order valence-electron chi connectivity index (χ4n) is 1.80. The average Bonchev–Trinajstić information content (AvgIpc) is 2.77. The molecule has 1 unspecified atom stereocenters. The molecule has 2 amide bonds. The van der Waals surface area contributed by atoms with Crippen LogP contribution in [0.3, 0.4) is 0 Å². The average molecular weight is 223 g/mol. The topological polar surface area (TPSA) is 75.4 Å². The lowest BCUT2D eigenvalue weighted by atomic mass is 10.1. The predicted octanol–water partition coefficient (Wildman–Crippen LogP) is -0.0884. The second-order valence-electron chi connectivity index (χ2n) is 3.65. The normalized spacial score (nSPS) is 21.1. The van der Waals surface area contributed by atoms with Crippen LogP contribution in [0, 0.1) is 0 Å². The maximum Gasteiger partial charge on any atom is 0.243 e. The van der Waals surface area contributed by atoms with Gasteiger partial charge in [-0.15, -0.1) is 0 Å². The molecule has 2 heterocycles. The summed E-state index contributed by atoms with van der Waals surface area (Å²) in [5.41, 5.74) is 0.654. The zero-order valence-electron chi connectivity index (χ0n) is 8.97. The maximum absolute atomic E-state index is 11.7. The van der Waals surface area contributed by atoms with Crippen LogP contribution < -0.4 is 5.32 Å². The van der Waals surface area contributed by atoms with Gasteiger partial charge in [0.2, 0.25) is 11.8 Å². The van der Waals surface area contributed by atoms with Gasteiger partial charge < -0.3 is 14.7 Å². The highest BCUT2D eigenvalue weighted by Gasteiger charge is 2.33. The molecular weight excluding hydrogens is 210 g/mol. The van der Waals surface area contributed by atoms with Gasteiger partial charge in [0.05, 0.1) is 13.1 Å².